The van der Waals surface area contributed by atoms with Crippen molar-refractivity contribution in [2.24, 2.45) is 0 Å². The van der Waals surface area contributed by atoms with Crippen LogP contribution in [0.4, 0.5) is 0 Å². The highest BCUT2D eigenvalue weighted by Crippen LogP contribution is 2.20. The standard InChI is InChI=1S/C17H22N2/c1-4-15-9-10-18-17(11-15)8-5-13(2)16-7-6-14(3)19-12-16/h6-7,9-13H,4-5,8H2,1-3H3. The van der Waals surface area contributed by atoms with Crippen molar-refractivity contribution in [1.82, 2.24) is 9.97 Å². The number of nitrogens with zero attached hydrogens (tertiary/aromatic N) is 2. The van der Waals surface area contributed by atoms with Crippen LogP contribution in [0.1, 0.15) is 48.7 Å². The third-order valence-corrected chi connectivity index (χ3v) is 3.63. The average molecular weight is 254 g/mol. The predicted molar refractivity (Wildman–Crippen MR) is 79.3 cm³/mol. The molecular weight excluding hydrogens is 232 g/mol. The minimum atomic E-state index is 0.528. The number of pyridine rings is 2. The Morgan fingerprint density at radius 2 is 2.00 bits per heavy atom. The molecule has 0 bridgehead atoms. The van der Waals surface area contributed by atoms with Gasteiger partial charge in [-0.2, -0.15) is 0 Å². The monoisotopic (exact) mass is 254 g/mol. The molecule has 0 spiro atoms. The molecule has 2 aromatic heterocycles. The summed E-state index contributed by atoms with van der Waals surface area (Å²) in [6, 6.07) is 8.58. The lowest BCUT2D eigenvalue weighted by atomic mass is 9.96. The van der Waals surface area contributed by atoms with Gasteiger partial charge in [0.1, 0.15) is 0 Å². The molecule has 0 aliphatic heterocycles. The van der Waals surface area contributed by atoms with Crippen LogP contribution in [0.25, 0.3) is 0 Å². The largest absolute Gasteiger partial charge is 0.261 e. The molecule has 19 heavy (non-hydrogen) atoms. The van der Waals surface area contributed by atoms with E-state index in [1.165, 1.54) is 16.8 Å². The Balaban J connectivity index is 1.96. The lowest BCUT2D eigenvalue weighted by Gasteiger charge is -2.11. The second-order valence-corrected chi connectivity index (χ2v) is 5.18. The Bertz CT molecular complexity index is 517. The van der Waals surface area contributed by atoms with Crippen molar-refractivity contribution in [3.05, 3.63) is 59.2 Å². The average Bonchev–Trinajstić information content (AvgIpc) is 2.46. The van der Waals surface area contributed by atoms with E-state index in [4.69, 9.17) is 0 Å². The third-order valence-electron chi connectivity index (χ3n) is 3.63. The van der Waals surface area contributed by atoms with Crippen molar-refractivity contribution in [1.29, 1.82) is 0 Å². The summed E-state index contributed by atoms with van der Waals surface area (Å²) >= 11 is 0. The fourth-order valence-electron chi connectivity index (χ4n) is 2.19. The van der Waals surface area contributed by atoms with Gasteiger partial charge in [0.15, 0.2) is 0 Å². The molecule has 0 saturated heterocycles. The predicted octanol–water partition coefficient (Wildman–Crippen LogP) is 4.08. The number of aromatic nitrogens is 2. The van der Waals surface area contributed by atoms with Gasteiger partial charge in [-0.15, -0.1) is 0 Å². The zero-order valence-corrected chi connectivity index (χ0v) is 12.1. The van der Waals surface area contributed by atoms with Crippen molar-refractivity contribution in [2.75, 3.05) is 0 Å². The first kappa shape index (κ1) is 13.7. The highest BCUT2D eigenvalue weighted by molar-refractivity contribution is 5.19. The van der Waals surface area contributed by atoms with E-state index in [0.29, 0.717) is 5.92 Å². The van der Waals surface area contributed by atoms with Gasteiger partial charge in [-0.05, 0) is 61.4 Å². The first-order chi connectivity index (χ1) is 9.19. The molecule has 2 aromatic rings. The topological polar surface area (TPSA) is 25.8 Å². The van der Waals surface area contributed by atoms with E-state index >= 15 is 0 Å². The van der Waals surface area contributed by atoms with Gasteiger partial charge in [0.25, 0.3) is 0 Å². The Labute approximate surface area is 115 Å². The third kappa shape index (κ3) is 3.88. The summed E-state index contributed by atoms with van der Waals surface area (Å²) in [4.78, 5) is 8.82. The molecular formula is C17H22N2. The molecule has 0 saturated carbocycles. The van der Waals surface area contributed by atoms with Crippen molar-refractivity contribution in [2.45, 2.75) is 46.0 Å². The lowest BCUT2D eigenvalue weighted by molar-refractivity contribution is 0.667. The quantitative estimate of drug-likeness (QED) is 0.803. The van der Waals surface area contributed by atoms with E-state index < -0.39 is 0 Å². The van der Waals surface area contributed by atoms with E-state index in [1.807, 2.05) is 19.3 Å². The molecule has 2 rings (SSSR count). The number of aryl methyl sites for hydroxylation is 3. The lowest BCUT2D eigenvalue weighted by Crippen LogP contribution is -1.99. The second-order valence-electron chi connectivity index (χ2n) is 5.18. The number of rotatable bonds is 5. The summed E-state index contributed by atoms with van der Waals surface area (Å²) in [5.74, 6) is 0.528. The highest BCUT2D eigenvalue weighted by Gasteiger charge is 2.07. The smallest absolute Gasteiger partial charge is 0.0406 e. The molecule has 0 N–H and O–H groups in total. The van der Waals surface area contributed by atoms with Gasteiger partial charge in [0.05, 0.1) is 0 Å². The molecule has 0 aliphatic carbocycles. The first-order valence-corrected chi connectivity index (χ1v) is 7.05. The van der Waals surface area contributed by atoms with Crippen LogP contribution in [0.2, 0.25) is 0 Å². The Hall–Kier alpha value is -1.70. The number of hydrogen-bond donors (Lipinski definition) is 0. The Kier molecular flexibility index (Phi) is 4.67. The summed E-state index contributed by atoms with van der Waals surface area (Å²) in [7, 11) is 0. The van der Waals surface area contributed by atoms with Gasteiger partial charge in [0.2, 0.25) is 0 Å². The first-order valence-electron chi connectivity index (χ1n) is 7.05. The summed E-state index contributed by atoms with van der Waals surface area (Å²) in [5, 5.41) is 0. The van der Waals surface area contributed by atoms with Gasteiger partial charge in [-0.3, -0.25) is 9.97 Å². The molecule has 2 heterocycles. The van der Waals surface area contributed by atoms with Crippen molar-refractivity contribution in [3.8, 4) is 0 Å². The maximum Gasteiger partial charge on any atom is 0.0406 e. The van der Waals surface area contributed by atoms with E-state index in [-0.39, 0.29) is 0 Å². The molecule has 100 valence electrons. The van der Waals surface area contributed by atoms with Crippen LogP contribution in [-0.2, 0) is 12.8 Å². The molecule has 0 amide bonds. The zero-order chi connectivity index (χ0) is 13.7. The fourth-order valence-corrected chi connectivity index (χ4v) is 2.19. The maximum atomic E-state index is 4.45. The van der Waals surface area contributed by atoms with Crippen LogP contribution in [0.5, 0.6) is 0 Å². The van der Waals surface area contributed by atoms with Gasteiger partial charge in [-0.25, -0.2) is 0 Å². The minimum Gasteiger partial charge on any atom is -0.261 e. The molecule has 2 nitrogen and oxygen atoms in total. The second kappa shape index (κ2) is 6.46. The van der Waals surface area contributed by atoms with Gasteiger partial charge in [0, 0.05) is 23.8 Å². The van der Waals surface area contributed by atoms with E-state index in [1.54, 1.807) is 0 Å². The van der Waals surface area contributed by atoms with Gasteiger partial charge < -0.3 is 0 Å². The van der Waals surface area contributed by atoms with Crippen LogP contribution in [0.15, 0.2) is 36.7 Å². The fraction of sp³-hybridized carbons (Fsp3) is 0.412. The summed E-state index contributed by atoms with van der Waals surface area (Å²) in [5.41, 5.74) is 4.96. The summed E-state index contributed by atoms with van der Waals surface area (Å²) in [6.07, 6.45) is 7.14. The van der Waals surface area contributed by atoms with Gasteiger partial charge >= 0.3 is 0 Å². The van der Waals surface area contributed by atoms with Crippen LogP contribution >= 0.6 is 0 Å². The van der Waals surface area contributed by atoms with Crippen LogP contribution < -0.4 is 0 Å². The molecule has 1 atom stereocenters. The Morgan fingerprint density at radius 1 is 1.16 bits per heavy atom. The van der Waals surface area contributed by atoms with Crippen LogP contribution in [0.3, 0.4) is 0 Å². The number of hydrogen-bond acceptors (Lipinski definition) is 2. The SMILES string of the molecule is CCc1ccnc(CCC(C)c2ccc(C)nc2)c1. The van der Waals surface area contributed by atoms with Crippen molar-refractivity contribution in [3.63, 3.8) is 0 Å². The zero-order valence-electron chi connectivity index (χ0n) is 12.1. The summed E-state index contributed by atoms with van der Waals surface area (Å²) < 4.78 is 0. The molecule has 0 aromatic carbocycles. The molecule has 2 heteroatoms. The van der Waals surface area contributed by atoms with E-state index in [0.717, 1.165) is 25.0 Å². The van der Waals surface area contributed by atoms with Crippen LogP contribution in [-0.4, -0.2) is 9.97 Å². The van der Waals surface area contributed by atoms with E-state index in [2.05, 4.69) is 48.1 Å². The molecule has 0 aliphatic rings. The normalized spacial score (nSPS) is 12.4. The van der Waals surface area contributed by atoms with Crippen LogP contribution in [0, 0.1) is 6.92 Å². The van der Waals surface area contributed by atoms with Gasteiger partial charge in [-0.1, -0.05) is 19.9 Å². The molecule has 0 fully saturated rings. The minimum absolute atomic E-state index is 0.528. The molecule has 1 unspecified atom stereocenters. The van der Waals surface area contributed by atoms with Crippen molar-refractivity contribution < 1.29 is 0 Å². The molecule has 0 radical (unpaired) electrons. The Morgan fingerprint density at radius 3 is 2.68 bits per heavy atom. The highest BCUT2D eigenvalue weighted by atomic mass is 14.7. The summed E-state index contributed by atoms with van der Waals surface area (Å²) in [6.45, 7) is 6.46. The van der Waals surface area contributed by atoms with Crippen molar-refractivity contribution >= 4 is 0 Å². The van der Waals surface area contributed by atoms with E-state index in [9.17, 15) is 0 Å². The maximum absolute atomic E-state index is 4.45.